The predicted octanol–water partition coefficient (Wildman–Crippen LogP) is 4.13. The van der Waals surface area contributed by atoms with Crippen molar-refractivity contribution in [2.45, 2.75) is 45.4 Å². The number of hydrogen-bond donors (Lipinski definition) is 1. The van der Waals surface area contributed by atoms with E-state index in [4.69, 9.17) is 0 Å². The van der Waals surface area contributed by atoms with Crippen LogP contribution in [0.4, 0.5) is 5.69 Å². The maximum atomic E-state index is 4.37. The lowest BCUT2D eigenvalue weighted by atomic mass is 9.99. The van der Waals surface area contributed by atoms with Crippen molar-refractivity contribution in [1.82, 2.24) is 9.55 Å². The standard InChI is InChI=1S/C17H23N3/c1-3-13(4-2)17-11-18-12-20(17)15-8-7-14-6-5-9-19-16(14)10-15/h7-8,10-13,19H,3-6,9H2,1-2H3. The first kappa shape index (κ1) is 13.2. The normalized spacial score (nSPS) is 14.2. The van der Waals surface area contributed by atoms with Gasteiger partial charge in [0, 0.05) is 35.7 Å². The van der Waals surface area contributed by atoms with Gasteiger partial charge in [0.15, 0.2) is 0 Å². The Kier molecular flexibility index (Phi) is 3.77. The molecular weight excluding hydrogens is 246 g/mol. The molecule has 20 heavy (non-hydrogen) atoms. The first-order valence-corrected chi connectivity index (χ1v) is 7.73. The zero-order valence-electron chi connectivity index (χ0n) is 12.4. The van der Waals surface area contributed by atoms with E-state index in [0.29, 0.717) is 5.92 Å². The number of nitrogens with one attached hydrogen (secondary N) is 1. The van der Waals surface area contributed by atoms with Gasteiger partial charge in [0.2, 0.25) is 0 Å². The van der Waals surface area contributed by atoms with Crippen LogP contribution in [0.2, 0.25) is 0 Å². The van der Waals surface area contributed by atoms with Crippen LogP contribution in [0, 0.1) is 0 Å². The summed E-state index contributed by atoms with van der Waals surface area (Å²) in [4.78, 5) is 4.37. The van der Waals surface area contributed by atoms with Crippen LogP contribution < -0.4 is 5.32 Å². The average molecular weight is 269 g/mol. The molecule has 1 aromatic heterocycles. The SMILES string of the molecule is CCC(CC)c1cncn1-c1ccc2c(c1)NCCC2. The zero-order valence-corrected chi connectivity index (χ0v) is 12.4. The molecule has 2 heterocycles. The van der Waals surface area contributed by atoms with E-state index in [1.165, 1.54) is 35.5 Å². The number of nitrogens with zero attached hydrogens (tertiary/aromatic N) is 2. The average Bonchev–Trinajstić information content (AvgIpc) is 2.97. The van der Waals surface area contributed by atoms with Gasteiger partial charge in [0.1, 0.15) is 0 Å². The van der Waals surface area contributed by atoms with Gasteiger partial charge in [-0.3, -0.25) is 0 Å². The Hall–Kier alpha value is -1.77. The fraction of sp³-hybridized carbons (Fsp3) is 0.471. The highest BCUT2D eigenvalue weighted by Crippen LogP contribution is 2.29. The molecule has 1 aliphatic heterocycles. The number of fused-ring (bicyclic) bond motifs is 1. The van der Waals surface area contributed by atoms with Gasteiger partial charge in [-0.05, 0) is 43.4 Å². The number of aromatic nitrogens is 2. The van der Waals surface area contributed by atoms with E-state index in [9.17, 15) is 0 Å². The van der Waals surface area contributed by atoms with E-state index in [1.807, 2.05) is 12.5 Å². The Bertz CT molecular complexity index is 582. The highest BCUT2D eigenvalue weighted by molar-refractivity contribution is 5.58. The van der Waals surface area contributed by atoms with E-state index in [1.54, 1.807) is 0 Å². The van der Waals surface area contributed by atoms with Crippen molar-refractivity contribution in [2.24, 2.45) is 0 Å². The summed E-state index contributed by atoms with van der Waals surface area (Å²) in [6.45, 7) is 5.58. The van der Waals surface area contributed by atoms with Crippen molar-refractivity contribution >= 4 is 5.69 Å². The minimum absolute atomic E-state index is 0.585. The van der Waals surface area contributed by atoms with Gasteiger partial charge < -0.3 is 9.88 Å². The maximum absolute atomic E-state index is 4.37. The van der Waals surface area contributed by atoms with Gasteiger partial charge in [-0.25, -0.2) is 4.98 Å². The number of imidazole rings is 1. The lowest BCUT2D eigenvalue weighted by Gasteiger charge is -2.20. The lowest BCUT2D eigenvalue weighted by Crippen LogP contribution is -2.12. The maximum Gasteiger partial charge on any atom is 0.0994 e. The first-order chi connectivity index (χ1) is 9.83. The molecule has 0 fully saturated rings. The fourth-order valence-electron chi connectivity index (χ4n) is 3.13. The molecule has 1 aliphatic rings. The van der Waals surface area contributed by atoms with Gasteiger partial charge in [-0.15, -0.1) is 0 Å². The summed E-state index contributed by atoms with van der Waals surface area (Å²) in [5.74, 6) is 0.585. The molecule has 106 valence electrons. The zero-order chi connectivity index (χ0) is 13.9. The highest BCUT2D eigenvalue weighted by atomic mass is 15.1. The molecule has 3 heteroatoms. The van der Waals surface area contributed by atoms with Crippen molar-refractivity contribution < 1.29 is 0 Å². The quantitative estimate of drug-likeness (QED) is 0.904. The number of aryl methyl sites for hydroxylation is 1. The predicted molar refractivity (Wildman–Crippen MR) is 83.7 cm³/mol. The van der Waals surface area contributed by atoms with Crippen molar-refractivity contribution in [1.29, 1.82) is 0 Å². The van der Waals surface area contributed by atoms with Crippen LogP contribution in [-0.4, -0.2) is 16.1 Å². The van der Waals surface area contributed by atoms with Crippen LogP contribution in [0.3, 0.4) is 0 Å². The Labute approximate surface area is 121 Å². The first-order valence-electron chi connectivity index (χ1n) is 7.73. The lowest BCUT2D eigenvalue weighted by molar-refractivity contribution is 0.611. The molecule has 0 amide bonds. The summed E-state index contributed by atoms with van der Waals surface area (Å²) in [5, 5.41) is 3.51. The number of hydrogen-bond acceptors (Lipinski definition) is 2. The van der Waals surface area contributed by atoms with E-state index >= 15 is 0 Å². The summed E-state index contributed by atoms with van der Waals surface area (Å²) in [6.07, 6.45) is 8.70. The summed E-state index contributed by atoms with van der Waals surface area (Å²) in [5.41, 5.74) is 5.27. The molecule has 0 spiro atoms. The third kappa shape index (κ3) is 2.33. The Morgan fingerprint density at radius 1 is 1.30 bits per heavy atom. The molecule has 1 N–H and O–H groups in total. The third-order valence-corrected chi connectivity index (χ3v) is 4.38. The smallest absolute Gasteiger partial charge is 0.0994 e. The molecule has 0 saturated carbocycles. The second kappa shape index (κ2) is 5.70. The van der Waals surface area contributed by atoms with Crippen molar-refractivity contribution in [3.63, 3.8) is 0 Å². The molecule has 0 aliphatic carbocycles. The Morgan fingerprint density at radius 2 is 2.15 bits per heavy atom. The molecule has 0 saturated heterocycles. The van der Waals surface area contributed by atoms with Crippen LogP contribution in [0.5, 0.6) is 0 Å². The summed E-state index contributed by atoms with van der Waals surface area (Å²) < 4.78 is 2.24. The Morgan fingerprint density at radius 3 is 2.95 bits per heavy atom. The van der Waals surface area contributed by atoms with Gasteiger partial charge in [0.05, 0.1) is 6.33 Å². The molecule has 0 radical (unpaired) electrons. The minimum Gasteiger partial charge on any atom is -0.385 e. The Balaban J connectivity index is 1.99. The number of rotatable bonds is 4. The molecule has 0 unspecified atom stereocenters. The number of benzene rings is 1. The van der Waals surface area contributed by atoms with Crippen LogP contribution in [0.25, 0.3) is 5.69 Å². The summed E-state index contributed by atoms with van der Waals surface area (Å²) >= 11 is 0. The van der Waals surface area contributed by atoms with E-state index in [0.717, 1.165) is 19.4 Å². The van der Waals surface area contributed by atoms with Crippen LogP contribution in [0.15, 0.2) is 30.7 Å². The monoisotopic (exact) mass is 269 g/mol. The molecule has 3 nitrogen and oxygen atoms in total. The summed E-state index contributed by atoms with van der Waals surface area (Å²) in [6, 6.07) is 6.74. The second-order valence-corrected chi connectivity index (χ2v) is 5.57. The third-order valence-electron chi connectivity index (χ3n) is 4.38. The van der Waals surface area contributed by atoms with Gasteiger partial charge in [-0.1, -0.05) is 19.9 Å². The van der Waals surface area contributed by atoms with E-state index in [2.05, 4.69) is 46.9 Å². The van der Waals surface area contributed by atoms with Crippen LogP contribution in [0.1, 0.15) is 50.3 Å². The molecular formula is C17H23N3. The minimum atomic E-state index is 0.585. The largest absolute Gasteiger partial charge is 0.385 e. The van der Waals surface area contributed by atoms with E-state index < -0.39 is 0 Å². The molecule has 0 atom stereocenters. The van der Waals surface area contributed by atoms with E-state index in [-0.39, 0.29) is 0 Å². The topological polar surface area (TPSA) is 29.9 Å². The molecule has 1 aromatic carbocycles. The van der Waals surface area contributed by atoms with Crippen molar-refractivity contribution in [3.8, 4) is 5.69 Å². The fourth-order valence-corrected chi connectivity index (χ4v) is 3.13. The summed E-state index contributed by atoms with van der Waals surface area (Å²) in [7, 11) is 0. The second-order valence-electron chi connectivity index (χ2n) is 5.57. The van der Waals surface area contributed by atoms with Gasteiger partial charge in [-0.2, -0.15) is 0 Å². The molecule has 0 bridgehead atoms. The van der Waals surface area contributed by atoms with Gasteiger partial charge >= 0.3 is 0 Å². The van der Waals surface area contributed by atoms with Crippen LogP contribution in [-0.2, 0) is 6.42 Å². The van der Waals surface area contributed by atoms with Crippen molar-refractivity contribution in [3.05, 3.63) is 42.0 Å². The molecule has 2 aromatic rings. The van der Waals surface area contributed by atoms with Crippen LogP contribution >= 0.6 is 0 Å². The molecule has 3 rings (SSSR count). The highest BCUT2D eigenvalue weighted by Gasteiger charge is 2.15. The van der Waals surface area contributed by atoms with Crippen molar-refractivity contribution in [2.75, 3.05) is 11.9 Å². The van der Waals surface area contributed by atoms with Gasteiger partial charge in [0.25, 0.3) is 0 Å². The number of anilines is 1.